The van der Waals surface area contributed by atoms with Gasteiger partial charge >= 0.3 is 0 Å². The highest BCUT2D eigenvalue weighted by Crippen LogP contribution is 2.18. The summed E-state index contributed by atoms with van der Waals surface area (Å²) >= 11 is 0. The van der Waals surface area contributed by atoms with Crippen LogP contribution in [0.1, 0.15) is 11.3 Å². The lowest BCUT2D eigenvalue weighted by molar-refractivity contribution is 0.322. The van der Waals surface area contributed by atoms with Gasteiger partial charge in [-0.2, -0.15) is 0 Å². The van der Waals surface area contributed by atoms with E-state index in [0.717, 1.165) is 17.0 Å². The molecule has 2 heterocycles. The van der Waals surface area contributed by atoms with E-state index in [4.69, 9.17) is 4.52 Å². The van der Waals surface area contributed by atoms with Crippen LogP contribution in [-0.4, -0.2) is 14.8 Å². The summed E-state index contributed by atoms with van der Waals surface area (Å²) in [6.45, 7) is 3.93. The summed E-state index contributed by atoms with van der Waals surface area (Å²) in [5.41, 5.74) is 2.95. The highest BCUT2D eigenvalue weighted by molar-refractivity contribution is 5.58. The van der Waals surface area contributed by atoms with Crippen molar-refractivity contribution in [2.24, 2.45) is 0 Å². The number of benzene rings is 1. The molecule has 0 unspecified atom stereocenters. The Labute approximate surface area is 92.5 Å². The van der Waals surface area contributed by atoms with Crippen LogP contribution in [-0.2, 0) is 0 Å². The zero-order chi connectivity index (χ0) is 11.1. The van der Waals surface area contributed by atoms with Crippen LogP contribution in [0.4, 0.5) is 0 Å². The maximum absolute atomic E-state index is 5.34. The Morgan fingerprint density at radius 3 is 2.81 bits per heavy atom. The summed E-state index contributed by atoms with van der Waals surface area (Å²) in [6.07, 6.45) is 0. The zero-order valence-electron chi connectivity index (χ0n) is 9.14. The van der Waals surface area contributed by atoms with Crippen molar-refractivity contribution in [3.63, 3.8) is 0 Å². The van der Waals surface area contributed by atoms with Gasteiger partial charge in [-0.1, -0.05) is 28.5 Å². The lowest BCUT2D eigenvalue weighted by Crippen LogP contribution is -1.84. The molecule has 1 aromatic carbocycles. The molecule has 4 heteroatoms. The van der Waals surface area contributed by atoms with Gasteiger partial charge in [0.05, 0.1) is 0 Å². The van der Waals surface area contributed by atoms with Gasteiger partial charge in [0.1, 0.15) is 5.76 Å². The van der Waals surface area contributed by atoms with Crippen molar-refractivity contribution in [1.82, 2.24) is 14.8 Å². The molecule has 3 rings (SSSR count). The van der Waals surface area contributed by atoms with Crippen LogP contribution in [0.3, 0.4) is 0 Å². The van der Waals surface area contributed by atoms with E-state index in [2.05, 4.69) is 16.1 Å². The molecule has 0 aliphatic carbocycles. The molecule has 0 fully saturated rings. The SMILES string of the molecule is Cc1cccc(-c2nc3cc(C)on3n2)c1. The predicted octanol–water partition coefficient (Wildman–Crippen LogP) is 2.61. The van der Waals surface area contributed by atoms with Gasteiger partial charge in [-0.3, -0.25) is 0 Å². The number of hydrogen-bond acceptors (Lipinski definition) is 3. The first-order valence-electron chi connectivity index (χ1n) is 5.13. The largest absolute Gasteiger partial charge is 0.361 e. The molecular weight excluding hydrogens is 202 g/mol. The molecule has 0 amide bonds. The Balaban J connectivity index is 2.15. The minimum Gasteiger partial charge on any atom is -0.361 e. The molecule has 0 saturated heterocycles. The Bertz CT molecular complexity index is 620. The first-order chi connectivity index (χ1) is 7.72. The molecule has 4 nitrogen and oxygen atoms in total. The van der Waals surface area contributed by atoms with E-state index in [1.54, 1.807) is 0 Å². The predicted molar refractivity (Wildman–Crippen MR) is 60.2 cm³/mol. The lowest BCUT2D eigenvalue weighted by Gasteiger charge is -1.95. The first kappa shape index (κ1) is 9.15. The molecule has 0 spiro atoms. The van der Waals surface area contributed by atoms with Gasteiger partial charge < -0.3 is 4.52 Å². The summed E-state index contributed by atoms with van der Waals surface area (Å²) in [5.74, 6) is 1.51. The van der Waals surface area contributed by atoms with E-state index >= 15 is 0 Å². The van der Waals surface area contributed by atoms with Crippen LogP contribution >= 0.6 is 0 Å². The quantitative estimate of drug-likeness (QED) is 0.624. The van der Waals surface area contributed by atoms with E-state index in [9.17, 15) is 0 Å². The van der Waals surface area contributed by atoms with Gasteiger partial charge in [0.15, 0.2) is 11.5 Å². The average molecular weight is 213 g/mol. The van der Waals surface area contributed by atoms with Crippen LogP contribution in [0.5, 0.6) is 0 Å². The van der Waals surface area contributed by atoms with Crippen LogP contribution < -0.4 is 0 Å². The summed E-state index contributed by atoms with van der Waals surface area (Å²) < 4.78 is 6.79. The molecule has 0 aliphatic heterocycles. The number of nitrogens with zero attached hydrogens (tertiary/aromatic N) is 3. The molecular formula is C12H11N3O. The fraction of sp³-hybridized carbons (Fsp3) is 0.167. The van der Waals surface area contributed by atoms with Crippen LogP contribution in [0.15, 0.2) is 34.9 Å². The fourth-order valence-electron chi connectivity index (χ4n) is 1.72. The molecule has 16 heavy (non-hydrogen) atoms. The first-order valence-corrected chi connectivity index (χ1v) is 5.13. The van der Waals surface area contributed by atoms with E-state index in [1.165, 1.54) is 10.3 Å². The molecule has 80 valence electrons. The van der Waals surface area contributed by atoms with E-state index in [-0.39, 0.29) is 0 Å². The number of rotatable bonds is 1. The summed E-state index contributed by atoms with van der Waals surface area (Å²) in [5, 5.41) is 4.28. The molecule has 0 aliphatic rings. The fourth-order valence-corrected chi connectivity index (χ4v) is 1.72. The standard InChI is InChI=1S/C12H11N3O/c1-8-4-3-5-10(6-8)12-13-11-7-9(2)16-15(11)14-12/h3-7H,1-2H3. The second kappa shape index (κ2) is 3.20. The lowest BCUT2D eigenvalue weighted by atomic mass is 10.1. The maximum atomic E-state index is 5.34. The van der Waals surface area contributed by atoms with Gasteiger partial charge in [0.25, 0.3) is 0 Å². The molecule has 0 bridgehead atoms. The Hall–Kier alpha value is -2.10. The van der Waals surface area contributed by atoms with Gasteiger partial charge in [-0.25, -0.2) is 4.98 Å². The summed E-state index contributed by atoms with van der Waals surface area (Å²) in [6, 6.07) is 9.97. The van der Waals surface area contributed by atoms with Crippen molar-refractivity contribution >= 4 is 5.65 Å². The van der Waals surface area contributed by atoms with Gasteiger partial charge in [-0.05, 0) is 19.9 Å². The minimum atomic E-state index is 0.697. The zero-order valence-corrected chi connectivity index (χ0v) is 9.14. The number of aryl methyl sites for hydroxylation is 2. The summed E-state index contributed by atoms with van der Waals surface area (Å²) in [4.78, 5) is 4.40. The minimum absolute atomic E-state index is 0.697. The number of hydrogen-bond donors (Lipinski definition) is 0. The van der Waals surface area contributed by atoms with Gasteiger partial charge in [0.2, 0.25) is 0 Å². The van der Waals surface area contributed by atoms with Crippen molar-refractivity contribution < 1.29 is 4.52 Å². The molecule has 0 radical (unpaired) electrons. The van der Waals surface area contributed by atoms with Crippen molar-refractivity contribution in [3.05, 3.63) is 41.7 Å². The number of fused-ring (bicyclic) bond motifs is 1. The van der Waals surface area contributed by atoms with Gasteiger partial charge in [0, 0.05) is 11.6 Å². The molecule has 2 aromatic heterocycles. The van der Waals surface area contributed by atoms with Crippen molar-refractivity contribution in [1.29, 1.82) is 0 Å². The van der Waals surface area contributed by atoms with Crippen molar-refractivity contribution in [2.45, 2.75) is 13.8 Å². The van der Waals surface area contributed by atoms with Crippen LogP contribution in [0.2, 0.25) is 0 Å². The normalized spacial score (nSPS) is 11.1. The average Bonchev–Trinajstić information content (AvgIpc) is 2.74. The van der Waals surface area contributed by atoms with Crippen molar-refractivity contribution in [2.75, 3.05) is 0 Å². The second-order valence-corrected chi connectivity index (χ2v) is 3.88. The van der Waals surface area contributed by atoms with Crippen LogP contribution in [0, 0.1) is 13.8 Å². The van der Waals surface area contributed by atoms with Gasteiger partial charge in [-0.15, -0.1) is 5.10 Å². The third kappa shape index (κ3) is 1.39. The summed E-state index contributed by atoms with van der Waals surface area (Å²) in [7, 11) is 0. The van der Waals surface area contributed by atoms with E-state index in [1.807, 2.05) is 38.1 Å². The smallest absolute Gasteiger partial charge is 0.196 e. The third-order valence-corrected chi connectivity index (χ3v) is 2.44. The topological polar surface area (TPSA) is 43.3 Å². The molecule has 0 atom stereocenters. The molecule has 0 N–H and O–H groups in total. The van der Waals surface area contributed by atoms with E-state index in [0.29, 0.717) is 5.82 Å². The maximum Gasteiger partial charge on any atom is 0.196 e. The molecule has 3 aromatic rings. The second-order valence-electron chi connectivity index (χ2n) is 3.88. The Morgan fingerprint density at radius 2 is 2.06 bits per heavy atom. The molecule has 0 saturated carbocycles. The number of aromatic nitrogens is 3. The van der Waals surface area contributed by atoms with Crippen LogP contribution in [0.25, 0.3) is 17.0 Å². The Morgan fingerprint density at radius 1 is 1.19 bits per heavy atom. The highest BCUT2D eigenvalue weighted by Gasteiger charge is 2.09. The van der Waals surface area contributed by atoms with Crippen molar-refractivity contribution in [3.8, 4) is 11.4 Å². The monoisotopic (exact) mass is 213 g/mol. The third-order valence-electron chi connectivity index (χ3n) is 2.44. The Kier molecular flexibility index (Phi) is 1.83. The highest BCUT2D eigenvalue weighted by atomic mass is 16.5. The van der Waals surface area contributed by atoms with E-state index < -0.39 is 0 Å².